The van der Waals surface area contributed by atoms with Gasteiger partial charge in [-0.05, 0) is 31.2 Å². The number of aromatic amines is 1. The summed E-state index contributed by atoms with van der Waals surface area (Å²) in [5, 5.41) is 6.29. The van der Waals surface area contributed by atoms with Crippen molar-refractivity contribution in [2.75, 3.05) is 5.32 Å². The zero-order valence-corrected chi connectivity index (χ0v) is 13.1. The van der Waals surface area contributed by atoms with Gasteiger partial charge in [-0.3, -0.25) is 9.59 Å². The fourth-order valence-electron chi connectivity index (χ4n) is 2.24. The van der Waals surface area contributed by atoms with Gasteiger partial charge in [0.1, 0.15) is 28.5 Å². The van der Waals surface area contributed by atoms with Crippen LogP contribution in [0.1, 0.15) is 16.1 Å². The minimum Gasteiger partial charge on any atom is -0.360 e. The Labute approximate surface area is 140 Å². The van der Waals surface area contributed by atoms with Gasteiger partial charge in [0.15, 0.2) is 0 Å². The summed E-state index contributed by atoms with van der Waals surface area (Å²) in [5.41, 5.74) is -0.479. The van der Waals surface area contributed by atoms with Crippen molar-refractivity contribution in [3.05, 3.63) is 69.0 Å². The van der Waals surface area contributed by atoms with E-state index < -0.39 is 17.3 Å². The van der Waals surface area contributed by atoms with E-state index in [2.05, 4.69) is 15.5 Å². The predicted octanol–water partition coefficient (Wildman–Crippen LogP) is 3.38. The summed E-state index contributed by atoms with van der Waals surface area (Å²) >= 11 is 6.03. The summed E-state index contributed by atoms with van der Waals surface area (Å²) in [6, 6.07) is 7.13. The number of H-pyrrole nitrogens is 1. The molecular formula is C16H11ClFN3O3. The summed E-state index contributed by atoms with van der Waals surface area (Å²) in [6.07, 6.45) is 1.44. The predicted molar refractivity (Wildman–Crippen MR) is 86.7 cm³/mol. The molecule has 0 aliphatic heterocycles. The lowest BCUT2D eigenvalue weighted by molar-refractivity contribution is 0.102. The van der Waals surface area contributed by atoms with E-state index in [1.807, 2.05) is 0 Å². The third kappa shape index (κ3) is 2.81. The third-order valence-corrected chi connectivity index (χ3v) is 3.67. The summed E-state index contributed by atoms with van der Waals surface area (Å²) in [4.78, 5) is 26.7. The zero-order valence-electron chi connectivity index (χ0n) is 12.4. The maximum absolute atomic E-state index is 14.1. The summed E-state index contributed by atoms with van der Waals surface area (Å²) in [7, 11) is 0. The van der Waals surface area contributed by atoms with E-state index >= 15 is 0 Å². The van der Waals surface area contributed by atoms with Gasteiger partial charge >= 0.3 is 0 Å². The molecule has 0 unspecified atom stereocenters. The van der Waals surface area contributed by atoms with Crippen LogP contribution in [0.5, 0.6) is 0 Å². The number of amides is 1. The maximum atomic E-state index is 14.1. The second kappa shape index (κ2) is 6.29. The SMILES string of the molecule is Cc1onc(-c2c(F)cccc2Cl)c1C(=O)Nc1ccc[nH]c1=O. The monoisotopic (exact) mass is 347 g/mol. The number of rotatable bonds is 3. The average Bonchev–Trinajstić information content (AvgIpc) is 2.91. The molecule has 0 aliphatic rings. The van der Waals surface area contributed by atoms with Crippen LogP contribution in [-0.4, -0.2) is 16.0 Å². The van der Waals surface area contributed by atoms with Gasteiger partial charge in [-0.25, -0.2) is 4.39 Å². The highest BCUT2D eigenvalue weighted by atomic mass is 35.5. The fourth-order valence-corrected chi connectivity index (χ4v) is 2.49. The number of carbonyl (C=O) groups excluding carboxylic acids is 1. The van der Waals surface area contributed by atoms with E-state index in [-0.39, 0.29) is 33.3 Å². The molecule has 2 aromatic heterocycles. The van der Waals surface area contributed by atoms with Crippen molar-refractivity contribution < 1.29 is 13.7 Å². The molecule has 1 aromatic carbocycles. The van der Waals surface area contributed by atoms with Crippen molar-refractivity contribution in [2.24, 2.45) is 0 Å². The number of aryl methyl sites for hydroxylation is 1. The van der Waals surface area contributed by atoms with Gasteiger partial charge in [0, 0.05) is 6.20 Å². The number of carbonyl (C=O) groups is 1. The highest BCUT2D eigenvalue weighted by Gasteiger charge is 2.25. The molecule has 24 heavy (non-hydrogen) atoms. The van der Waals surface area contributed by atoms with Crippen LogP contribution >= 0.6 is 11.6 Å². The molecule has 8 heteroatoms. The Kier molecular flexibility index (Phi) is 4.18. The minimum absolute atomic E-state index is 0.00486. The molecule has 0 atom stereocenters. The lowest BCUT2D eigenvalue weighted by Gasteiger charge is -2.06. The minimum atomic E-state index is -0.653. The smallest absolute Gasteiger partial charge is 0.271 e. The van der Waals surface area contributed by atoms with Gasteiger partial charge in [-0.2, -0.15) is 0 Å². The second-order valence-corrected chi connectivity index (χ2v) is 5.33. The molecule has 3 rings (SSSR count). The van der Waals surface area contributed by atoms with Crippen LogP contribution < -0.4 is 10.9 Å². The summed E-state index contributed by atoms with van der Waals surface area (Å²) in [6.45, 7) is 1.51. The number of anilines is 1. The molecule has 3 aromatic rings. The standard InChI is InChI=1S/C16H11ClFN3O3/c1-8-12(16(23)20-11-6-3-7-19-15(11)22)14(21-24-8)13-9(17)4-2-5-10(13)18/h2-7H,1H3,(H,19,22)(H,20,23). The van der Waals surface area contributed by atoms with Crippen LogP contribution in [0.15, 0.2) is 45.8 Å². The molecule has 0 saturated carbocycles. The van der Waals surface area contributed by atoms with E-state index in [1.165, 1.54) is 37.4 Å². The Bertz CT molecular complexity index is 960. The Morgan fingerprint density at radius 3 is 2.83 bits per heavy atom. The van der Waals surface area contributed by atoms with Gasteiger partial charge in [-0.1, -0.05) is 22.8 Å². The van der Waals surface area contributed by atoms with Crippen LogP contribution in [0.3, 0.4) is 0 Å². The number of halogens is 2. The lowest BCUT2D eigenvalue weighted by atomic mass is 10.0. The van der Waals surface area contributed by atoms with Crippen LogP contribution in [0.2, 0.25) is 5.02 Å². The van der Waals surface area contributed by atoms with Crippen molar-refractivity contribution in [3.63, 3.8) is 0 Å². The van der Waals surface area contributed by atoms with Crippen LogP contribution in [0.25, 0.3) is 11.3 Å². The summed E-state index contributed by atoms with van der Waals surface area (Å²) < 4.78 is 19.2. The van der Waals surface area contributed by atoms with E-state index in [4.69, 9.17) is 16.1 Å². The molecule has 0 aliphatic carbocycles. The first kappa shape index (κ1) is 15.9. The van der Waals surface area contributed by atoms with Gasteiger partial charge < -0.3 is 14.8 Å². The molecule has 122 valence electrons. The number of hydrogen-bond acceptors (Lipinski definition) is 4. The van der Waals surface area contributed by atoms with Gasteiger partial charge in [0.2, 0.25) is 0 Å². The topological polar surface area (TPSA) is 88.0 Å². The van der Waals surface area contributed by atoms with Crippen LogP contribution in [0.4, 0.5) is 10.1 Å². The normalized spacial score (nSPS) is 10.6. The number of nitrogens with zero attached hydrogens (tertiary/aromatic N) is 1. The van der Waals surface area contributed by atoms with E-state index in [1.54, 1.807) is 6.07 Å². The third-order valence-electron chi connectivity index (χ3n) is 3.36. The Morgan fingerprint density at radius 1 is 1.33 bits per heavy atom. The van der Waals surface area contributed by atoms with Crippen molar-refractivity contribution in [3.8, 4) is 11.3 Å². The first-order valence-electron chi connectivity index (χ1n) is 6.88. The molecule has 2 heterocycles. The zero-order chi connectivity index (χ0) is 17.3. The molecule has 2 N–H and O–H groups in total. The molecule has 6 nitrogen and oxygen atoms in total. The quantitative estimate of drug-likeness (QED) is 0.760. The van der Waals surface area contributed by atoms with Gasteiger partial charge in [0.05, 0.1) is 10.6 Å². The second-order valence-electron chi connectivity index (χ2n) is 4.93. The van der Waals surface area contributed by atoms with Crippen LogP contribution in [-0.2, 0) is 0 Å². The Balaban J connectivity index is 2.07. The van der Waals surface area contributed by atoms with Crippen molar-refractivity contribution in [2.45, 2.75) is 6.92 Å². The molecule has 0 radical (unpaired) electrons. The molecule has 1 amide bonds. The van der Waals surface area contributed by atoms with Crippen LogP contribution in [0, 0.1) is 12.7 Å². The highest BCUT2D eigenvalue weighted by molar-refractivity contribution is 6.33. The highest BCUT2D eigenvalue weighted by Crippen LogP contribution is 2.33. The van der Waals surface area contributed by atoms with E-state index in [0.717, 1.165) is 0 Å². The fraction of sp³-hybridized carbons (Fsp3) is 0.0625. The van der Waals surface area contributed by atoms with Gasteiger partial charge in [-0.15, -0.1) is 0 Å². The Hall–Kier alpha value is -2.93. The number of nitrogens with one attached hydrogen (secondary N) is 2. The van der Waals surface area contributed by atoms with E-state index in [0.29, 0.717) is 0 Å². The number of hydrogen-bond donors (Lipinski definition) is 2. The van der Waals surface area contributed by atoms with Crippen molar-refractivity contribution in [1.29, 1.82) is 0 Å². The summed E-state index contributed by atoms with van der Waals surface area (Å²) in [5.74, 6) is -1.11. The lowest BCUT2D eigenvalue weighted by Crippen LogP contribution is -2.20. The largest absolute Gasteiger partial charge is 0.360 e. The Morgan fingerprint density at radius 2 is 2.12 bits per heavy atom. The molecule has 0 spiro atoms. The maximum Gasteiger partial charge on any atom is 0.271 e. The molecule has 0 fully saturated rings. The van der Waals surface area contributed by atoms with Gasteiger partial charge in [0.25, 0.3) is 11.5 Å². The van der Waals surface area contributed by atoms with Crippen molar-refractivity contribution >= 4 is 23.2 Å². The first-order valence-corrected chi connectivity index (χ1v) is 7.26. The molecular weight excluding hydrogens is 337 g/mol. The van der Waals surface area contributed by atoms with Crippen molar-refractivity contribution in [1.82, 2.24) is 10.1 Å². The average molecular weight is 348 g/mol. The van der Waals surface area contributed by atoms with E-state index in [9.17, 15) is 14.0 Å². The number of pyridine rings is 1. The molecule has 0 bridgehead atoms. The number of benzene rings is 1. The first-order chi connectivity index (χ1) is 11.5. The molecule has 0 saturated heterocycles. The number of aromatic nitrogens is 2.